The first-order valence-electron chi connectivity index (χ1n) is 4.99. The predicted octanol–water partition coefficient (Wildman–Crippen LogP) is -6.06. The van der Waals surface area contributed by atoms with E-state index in [0.29, 0.717) is 0 Å². The second-order valence-corrected chi connectivity index (χ2v) is 6.66. The van der Waals surface area contributed by atoms with Gasteiger partial charge in [-0.15, -0.1) is 0 Å². The van der Waals surface area contributed by atoms with Gasteiger partial charge in [-0.25, -0.2) is 16.8 Å². The Morgan fingerprint density at radius 3 is 1.95 bits per heavy atom. The molecule has 2 rings (SSSR count). The molecule has 0 amide bonds. The predicted molar refractivity (Wildman–Crippen MR) is 66.0 cm³/mol. The van der Waals surface area contributed by atoms with Gasteiger partial charge in [0.05, 0.1) is 15.5 Å². The zero-order chi connectivity index (χ0) is 15.3. The van der Waals surface area contributed by atoms with Gasteiger partial charge in [-0.2, -0.15) is 0 Å². The van der Waals surface area contributed by atoms with Crippen molar-refractivity contribution in [3.05, 3.63) is 24.3 Å². The van der Waals surface area contributed by atoms with Crippen LogP contribution < -0.4 is 64.8 Å². The SMILES string of the molecule is Nc1c(O)c(S(=O)(=O)[O-])cc2cc(S(=O)(=O)[O-])ccc12.[Na+].[Na+]. The monoisotopic (exact) mass is 363 g/mol. The molecule has 3 N–H and O–H groups in total. The minimum atomic E-state index is -5.00. The van der Waals surface area contributed by atoms with Crippen LogP contribution in [0.3, 0.4) is 0 Å². The minimum absolute atomic E-state index is 0. The Hall–Kier alpha value is 0.120. The number of phenols is 1. The first kappa shape index (κ1) is 22.1. The van der Waals surface area contributed by atoms with Crippen LogP contribution in [0.5, 0.6) is 5.75 Å². The van der Waals surface area contributed by atoms with Crippen LogP contribution in [0.25, 0.3) is 10.8 Å². The number of anilines is 1. The number of hydrogen-bond donors (Lipinski definition) is 2. The molecule has 0 aromatic heterocycles. The molecule has 0 saturated heterocycles. The van der Waals surface area contributed by atoms with Crippen LogP contribution in [0.1, 0.15) is 0 Å². The number of hydrogen-bond acceptors (Lipinski definition) is 8. The summed E-state index contributed by atoms with van der Waals surface area (Å²) >= 11 is 0. The van der Waals surface area contributed by atoms with E-state index < -0.39 is 41.5 Å². The fraction of sp³-hybridized carbons (Fsp3) is 0. The van der Waals surface area contributed by atoms with Gasteiger partial charge in [-0.1, -0.05) is 6.07 Å². The molecule has 0 heterocycles. The summed E-state index contributed by atoms with van der Waals surface area (Å²) in [5, 5.41) is 9.63. The number of phenolic OH excluding ortho intramolecular Hbond substituents is 1. The first-order chi connectivity index (χ1) is 9.01. The number of fused-ring (bicyclic) bond motifs is 1. The van der Waals surface area contributed by atoms with E-state index in [-0.39, 0.29) is 69.9 Å². The maximum Gasteiger partial charge on any atom is 1.00 e. The van der Waals surface area contributed by atoms with E-state index in [2.05, 4.69) is 0 Å². The smallest absolute Gasteiger partial charge is 0.744 e. The third kappa shape index (κ3) is 4.35. The number of benzene rings is 2. The van der Waals surface area contributed by atoms with Gasteiger partial charge in [-0.05, 0) is 23.6 Å². The summed E-state index contributed by atoms with van der Waals surface area (Å²) < 4.78 is 65.6. The number of nitrogens with two attached hydrogens (primary N) is 1. The molecule has 0 aliphatic heterocycles. The maximum absolute atomic E-state index is 11.0. The molecule has 0 radical (unpaired) electrons. The second kappa shape index (κ2) is 7.34. The summed E-state index contributed by atoms with van der Waals surface area (Å²) in [6, 6.07) is 3.74. The van der Waals surface area contributed by atoms with Crippen molar-refractivity contribution in [3.63, 3.8) is 0 Å². The van der Waals surface area contributed by atoms with E-state index in [9.17, 15) is 31.0 Å². The standard InChI is InChI=1S/C10H9NO7S2.2Na/c11-9-7-2-1-6(19(13,14)15)3-5(7)4-8(10(9)12)20(16,17)18;;/h1-4,12H,11H2,(H,13,14,15)(H,16,17,18);;/q;2*+1/p-2. The second-order valence-electron chi connectivity index (χ2n) is 3.93. The third-order valence-electron chi connectivity index (χ3n) is 2.65. The Kier molecular flexibility index (Phi) is 7.38. The molecule has 0 unspecified atom stereocenters. The Balaban J connectivity index is 0.00000220. The average Bonchev–Trinajstić information content (AvgIpc) is 2.30. The minimum Gasteiger partial charge on any atom is -0.744 e. The van der Waals surface area contributed by atoms with Gasteiger partial charge in [-0.3, -0.25) is 0 Å². The number of nitrogen functional groups attached to an aromatic ring is 1. The topological polar surface area (TPSA) is 161 Å². The molecule has 0 aliphatic carbocycles. The summed E-state index contributed by atoms with van der Waals surface area (Å²) in [6.45, 7) is 0. The summed E-state index contributed by atoms with van der Waals surface area (Å²) in [4.78, 5) is -1.59. The van der Waals surface area contributed by atoms with Crippen molar-refractivity contribution in [2.75, 3.05) is 5.73 Å². The quantitative estimate of drug-likeness (QED) is 0.231. The zero-order valence-corrected chi connectivity index (χ0v) is 17.2. The average molecular weight is 363 g/mol. The molecule has 0 bridgehead atoms. The van der Waals surface area contributed by atoms with E-state index in [1.165, 1.54) is 0 Å². The van der Waals surface area contributed by atoms with E-state index in [1.807, 2.05) is 0 Å². The Morgan fingerprint density at radius 1 is 0.955 bits per heavy atom. The van der Waals surface area contributed by atoms with Gasteiger partial charge in [0.1, 0.15) is 20.2 Å². The van der Waals surface area contributed by atoms with E-state index in [0.717, 1.165) is 24.3 Å². The molecule has 0 spiro atoms. The van der Waals surface area contributed by atoms with E-state index >= 15 is 0 Å². The molecule has 0 saturated carbocycles. The molecule has 0 aliphatic rings. The fourth-order valence-corrected chi connectivity index (χ4v) is 2.85. The molecule has 108 valence electrons. The molecule has 2 aromatic rings. The molecular formula is C10H7NNa2O7S2. The Morgan fingerprint density at radius 2 is 1.50 bits per heavy atom. The van der Waals surface area contributed by atoms with Crippen LogP contribution in [-0.4, -0.2) is 31.0 Å². The number of aromatic hydroxyl groups is 1. The largest absolute Gasteiger partial charge is 1.00 e. The van der Waals surface area contributed by atoms with Gasteiger partial charge in [0.2, 0.25) is 0 Å². The van der Waals surface area contributed by atoms with Crippen LogP contribution in [0.2, 0.25) is 0 Å². The molecule has 2 aromatic carbocycles. The van der Waals surface area contributed by atoms with Crippen LogP contribution in [0.15, 0.2) is 34.1 Å². The van der Waals surface area contributed by atoms with Crippen molar-refractivity contribution in [2.24, 2.45) is 0 Å². The van der Waals surface area contributed by atoms with Crippen molar-refractivity contribution < 1.29 is 90.2 Å². The molecular weight excluding hydrogens is 356 g/mol. The molecule has 0 atom stereocenters. The van der Waals surface area contributed by atoms with Gasteiger partial charge >= 0.3 is 59.1 Å². The van der Waals surface area contributed by atoms with Crippen LogP contribution >= 0.6 is 0 Å². The van der Waals surface area contributed by atoms with Gasteiger partial charge in [0.15, 0.2) is 5.75 Å². The molecule has 12 heteroatoms. The Labute approximate surface area is 170 Å². The summed E-state index contributed by atoms with van der Waals surface area (Å²) in [7, 11) is -9.75. The van der Waals surface area contributed by atoms with Crippen molar-refractivity contribution in [1.82, 2.24) is 0 Å². The first-order valence-corrected chi connectivity index (χ1v) is 7.80. The Bertz CT molecular complexity index is 926. The normalized spacial score (nSPS) is 11.5. The van der Waals surface area contributed by atoms with Crippen molar-refractivity contribution >= 4 is 36.7 Å². The van der Waals surface area contributed by atoms with Gasteiger partial charge in [0, 0.05) is 5.39 Å². The van der Waals surface area contributed by atoms with Crippen molar-refractivity contribution in [3.8, 4) is 5.75 Å². The zero-order valence-electron chi connectivity index (χ0n) is 11.6. The van der Waals surface area contributed by atoms with E-state index in [1.54, 1.807) is 0 Å². The third-order valence-corrected chi connectivity index (χ3v) is 4.33. The van der Waals surface area contributed by atoms with Crippen molar-refractivity contribution in [1.29, 1.82) is 0 Å². The van der Waals surface area contributed by atoms with Crippen molar-refractivity contribution in [2.45, 2.75) is 9.79 Å². The summed E-state index contributed by atoms with van der Waals surface area (Å²) in [5.41, 5.74) is 5.10. The maximum atomic E-state index is 11.0. The fourth-order valence-electron chi connectivity index (χ4n) is 1.72. The van der Waals surface area contributed by atoms with E-state index in [4.69, 9.17) is 5.73 Å². The molecule has 22 heavy (non-hydrogen) atoms. The summed E-state index contributed by atoms with van der Waals surface area (Å²) in [5.74, 6) is -0.912. The van der Waals surface area contributed by atoms with Crippen LogP contribution in [-0.2, 0) is 20.2 Å². The van der Waals surface area contributed by atoms with Crippen LogP contribution in [0.4, 0.5) is 5.69 Å². The van der Waals surface area contributed by atoms with Crippen LogP contribution in [0, 0.1) is 0 Å². The molecule has 8 nitrogen and oxygen atoms in total. The number of rotatable bonds is 2. The summed E-state index contributed by atoms with van der Waals surface area (Å²) in [6.07, 6.45) is 0. The van der Waals surface area contributed by atoms with Gasteiger partial charge < -0.3 is 19.9 Å². The molecule has 0 fully saturated rings. The van der Waals surface area contributed by atoms with Gasteiger partial charge in [0.25, 0.3) is 0 Å².